The molecule has 0 bridgehead atoms. The molecule has 2 amide bonds. The van der Waals surface area contributed by atoms with Crippen LogP contribution in [-0.4, -0.2) is 29.3 Å². The minimum atomic E-state index is -0.333. The Morgan fingerprint density at radius 2 is 2.04 bits per heavy atom. The Hall–Kier alpha value is -2.14. The molecule has 1 fully saturated rings. The first-order chi connectivity index (χ1) is 11.2. The van der Waals surface area contributed by atoms with Gasteiger partial charge in [-0.05, 0) is 29.9 Å². The van der Waals surface area contributed by atoms with Gasteiger partial charge in [0.05, 0.1) is 6.54 Å². The van der Waals surface area contributed by atoms with Crippen LogP contribution in [0.15, 0.2) is 47.8 Å². The summed E-state index contributed by atoms with van der Waals surface area (Å²) in [5, 5.41) is 4.96. The summed E-state index contributed by atoms with van der Waals surface area (Å²) in [4.78, 5) is 27.3. The molecular formula is C18H20N2O2S. The van der Waals surface area contributed by atoms with E-state index in [0.29, 0.717) is 25.9 Å². The van der Waals surface area contributed by atoms with Gasteiger partial charge in [-0.2, -0.15) is 0 Å². The van der Waals surface area contributed by atoms with E-state index >= 15 is 0 Å². The minimum Gasteiger partial charge on any atom is -0.354 e. The highest BCUT2D eigenvalue weighted by atomic mass is 32.1. The van der Waals surface area contributed by atoms with Gasteiger partial charge in [0.1, 0.15) is 6.04 Å². The molecule has 0 aliphatic carbocycles. The number of rotatable bonds is 6. The summed E-state index contributed by atoms with van der Waals surface area (Å²) in [6.45, 7) is 1.13. The molecule has 1 aromatic carbocycles. The zero-order valence-electron chi connectivity index (χ0n) is 12.9. The quantitative estimate of drug-likeness (QED) is 0.886. The molecule has 0 spiro atoms. The van der Waals surface area contributed by atoms with E-state index in [0.717, 1.165) is 11.3 Å². The number of nitrogens with one attached hydrogen (secondary N) is 1. The second-order valence-corrected chi connectivity index (χ2v) is 6.71. The lowest BCUT2D eigenvalue weighted by Crippen LogP contribution is -2.44. The standard InChI is InChI=1S/C18H20N2O2S/c21-17-9-8-16(20(17)13-15-7-4-12-23-15)18(22)19-11-10-14-5-2-1-3-6-14/h1-7,12,16H,8-11,13H2,(H,19,22). The van der Waals surface area contributed by atoms with E-state index in [1.807, 2.05) is 47.8 Å². The Bertz CT molecular complexity index is 655. The van der Waals surface area contributed by atoms with Crippen LogP contribution < -0.4 is 5.32 Å². The largest absolute Gasteiger partial charge is 0.354 e. The van der Waals surface area contributed by atoms with Gasteiger partial charge in [0.25, 0.3) is 0 Å². The van der Waals surface area contributed by atoms with Gasteiger partial charge in [0.2, 0.25) is 11.8 Å². The average molecular weight is 328 g/mol. The maximum Gasteiger partial charge on any atom is 0.242 e. The average Bonchev–Trinajstić information content (AvgIpc) is 3.20. The van der Waals surface area contributed by atoms with Crippen molar-refractivity contribution < 1.29 is 9.59 Å². The number of carbonyl (C=O) groups excluding carboxylic acids is 2. The number of hydrogen-bond donors (Lipinski definition) is 1. The van der Waals surface area contributed by atoms with Crippen LogP contribution in [0.5, 0.6) is 0 Å². The monoisotopic (exact) mass is 328 g/mol. The smallest absolute Gasteiger partial charge is 0.242 e. The second kappa shape index (κ2) is 7.42. The van der Waals surface area contributed by atoms with Crippen LogP contribution in [0.1, 0.15) is 23.3 Å². The molecule has 23 heavy (non-hydrogen) atoms. The highest BCUT2D eigenvalue weighted by Gasteiger charge is 2.35. The Morgan fingerprint density at radius 3 is 2.78 bits per heavy atom. The van der Waals surface area contributed by atoms with Crippen molar-refractivity contribution in [1.82, 2.24) is 10.2 Å². The molecule has 5 heteroatoms. The Labute approximate surface area is 140 Å². The SMILES string of the molecule is O=C(NCCc1ccccc1)C1CCC(=O)N1Cc1cccs1. The fraction of sp³-hybridized carbons (Fsp3) is 0.333. The number of thiophene rings is 1. The molecule has 1 aliphatic heterocycles. The highest BCUT2D eigenvalue weighted by molar-refractivity contribution is 7.09. The van der Waals surface area contributed by atoms with Crippen molar-refractivity contribution >= 4 is 23.2 Å². The van der Waals surface area contributed by atoms with Crippen LogP contribution in [0.2, 0.25) is 0 Å². The summed E-state index contributed by atoms with van der Waals surface area (Å²) in [6, 6.07) is 13.7. The van der Waals surface area contributed by atoms with Gasteiger partial charge >= 0.3 is 0 Å². The number of benzene rings is 1. The molecule has 1 aliphatic rings. The van der Waals surface area contributed by atoms with Gasteiger partial charge in [-0.25, -0.2) is 0 Å². The zero-order valence-corrected chi connectivity index (χ0v) is 13.7. The predicted octanol–water partition coefficient (Wildman–Crippen LogP) is 2.60. The molecule has 2 aromatic rings. The summed E-state index contributed by atoms with van der Waals surface area (Å²) in [5.41, 5.74) is 1.20. The third-order valence-electron chi connectivity index (χ3n) is 4.09. The Morgan fingerprint density at radius 1 is 1.22 bits per heavy atom. The fourth-order valence-corrected chi connectivity index (χ4v) is 3.57. The highest BCUT2D eigenvalue weighted by Crippen LogP contribution is 2.23. The topological polar surface area (TPSA) is 49.4 Å². The molecule has 1 saturated heterocycles. The first-order valence-electron chi connectivity index (χ1n) is 7.87. The number of carbonyl (C=O) groups is 2. The molecule has 1 N–H and O–H groups in total. The lowest BCUT2D eigenvalue weighted by Gasteiger charge is -2.23. The van der Waals surface area contributed by atoms with Crippen LogP contribution in [0, 0.1) is 0 Å². The third kappa shape index (κ3) is 3.99. The number of nitrogens with zero attached hydrogens (tertiary/aromatic N) is 1. The lowest BCUT2D eigenvalue weighted by atomic mass is 10.1. The van der Waals surface area contributed by atoms with Crippen molar-refractivity contribution in [2.45, 2.75) is 31.8 Å². The third-order valence-corrected chi connectivity index (χ3v) is 4.95. The Balaban J connectivity index is 1.54. The maximum atomic E-state index is 12.4. The molecule has 1 unspecified atom stereocenters. The number of likely N-dealkylation sites (tertiary alicyclic amines) is 1. The summed E-state index contributed by atoms with van der Waals surface area (Å²) >= 11 is 1.62. The van der Waals surface area contributed by atoms with Gasteiger partial charge in [-0.15, -0.1) is 11.3 Å². The maximum absolute atomic E-state index is 12.4. The van der Waals surface area contributed by atoms with E-state index in [9.17, 15) is 9.59 Å². The van der Waals surface area contributed by atoms with Crippen LogP contribution in [0.25, 0.3) is 0 Å². The summed E-state index contributed by atoms with van der Waals surface area (Å²) in [5.74, 6) is 0.0324. The predicted molar refractivity (Wildman–Crippen MR) is 91.0 cm³/mol. The minimum absolute atomic E-state index is 0.0386. The van der Waals surface area contributed by atoms with Crippen LogP contribution in [0.3, 0.4) is 0 Å². The van der Waals surface area contributed by atoms with Crippen molar-refractivity contribution in [1.29, 1.82) is 0 Å². The summed E-state index contributed by atoms with van der Waals surface area (Å²) in [6.07, 6.45) is 1.88. The van der Waals surface area contributed by atoms with Gasteiger partial charge in [0.15, 0.2) is 0 Å². The molecule has 0 saturated carbocycles. The van der Waals surface area contributed by atoms with Crippen LogP contribution in [0.4, 0.5) is 0 Å². The van der Waals surface area contributed by atoms with Gasteiger partial charge in [-0.3, -0.25) is 9.59 Å². The van der Waals surface area contributed by atoms with Gasteiger partial charge in [-0.1, -0.05) is 36.4 Å². The van der Waals surface area contributed by atoms with Crippen LogP contribution >= 0.6 is 11.3 Å². The van der Waals surface area contributed by atoms with E-state index in [-0.39, 0.29) is 17.9 Å². The molecule has 0 radical (unpaired) electrons. The normalized spacial score (nSPS) is 17.5. The molecule has 1 aromatic heterocycles. The van der Waals surface area contributed by atoms with Crippen molar-refractivity contribution in [3.05, 3.63) is 58.3 Å². The summed E-state index contributed by atoms with van der Waals surface area (Å²) in [7, 11) is 0. The van der Waals surface area contributed by atoms with Gasteiger partial charge < -0.3 is 10.2 Å². The molecular weight excluding hydrogens is 308 g/mol. The van der Waals surface area contributed by atoms with E-state index in [1.54, 1.807) is 16.2 Å². The van der Waals surface area contributed by atoms with Crippen LogP contribution in [-0.2, 0) is 22.6 Å². The van der Waals surface area contributed by atoms with E-state index in [4.69, 9.17) is 0 Å². The van der Waals surface area contributed by atoms with Gasteiger partial charge in [0, 0.05) is 17.8 Å². The first-order valence-corrected chi connectivity index (χ1v) is 8.75. The number of hydrogen-bond acceptors (Lipinski definition) is 3. The van der Waals surface area contributed by atoms with Crippen molar-refractivity contribution in [3.8, 4) is 0 Å². The fourth-order valence-electron chi connectivity index (χ4n) is 2.87. The molecule has 4 nitrogen and oxygen atoms in total. The van der Waals surface area contributed by atoms with Crippen molar-refractivity contribution in [2.75, 3.05) is 6.54 Å². The van der Waals surface area contributed by atoms with E-state index in [1.165, 1.54) is 5.56 Å². The molecule has 3 rings (SSSR count). The zero-order chi connectivity index (χ0) is 16.1. The second-order valence-electron chi connectivity index (χ2n) is 5.68. The summed E-state index contributed by atoms with van der Waals surface area (Å²) < 4.78 is 0. The van der Waals surface area contributed by atoms with Crippen molar-refractivity contribution in [3.63, 3.8) is 0 Å². The van der Waals surface area contributed by atoms with E-state index in [2.05, 4.69) is 5.32 Å². The number of amides is 2. The Kier molecular flexibility index (Phi) is 5.08. The first kappa shape index (κ1) is 15.7. The molecule has 2 heterocycles. The molecule has 120 valence electrons. The lowest BCUT2D eigenvalue weighted by molar-refractivity contribution is -0.135. The van der Waals surface area contributed by atoms with Crippen molar-refractivity contribution in [2.24, 2.45) is 0 Å². The van der Waals surface area contributed by atoms with E-state index < -0.39 is 0 Å². The molecule has 1 atom stereocenters.